The van der Waals surface area contributed by atoms with Gasteiger partial charge in [-0.15, -0.1) is 0 Å². The topological polar surface area (TPSA) is 64.7 Å². The summed E-state index contributed by atoms with van der Waals surface area (Å²) in [5, 5.41) is 9.48. The molecule has 2 aromatic carbocycles. The van der Waals surface area contributed by atoms with Gasteiger partial charge in [-0.2, -0.15) is 0 Å². The van der Waals surface area contributed by atoms with Crippen molar-refractivity contribution in [3.05, 3.63) is 58.7 Å². The van der Waals surface area contributed by atoms with Crippen molar-refractivity contribution in [2.75, 3.05) is 19.8 Å². The number of aryl methyl sites for hydroxylation is 2. The summed E-state index contributed by atoms with van der Waals surface area (Å²) < 4.78 is 11.3. The van der Waals surface area contributed by atoms with E-state index in [4.69, 9.17) is 15.2 Å². The fraction of sp³-hybridized carbons (Fsp3) is 0.364. The summed E-state index contributed by atoms with van der Waals surface area (Å²) in [6, 6.07) is 11.7. The Morgan fingerprint density at radius 2 is 1.50 bits per heavy atom. The Morgan fingerprint density at radius 3 is 1.96 bits per heavy atom. The Kier molecular flexibility index (Phi) is 7.53. The summed E-state index contributed by atoms with van der Waals surface area (Å²) in [7, 11) is 0. The van der Waals surface area contributed by atoms with Crippen molar-refractivity contribution in [2.45, 2.75) is 33.3 Å². The van der Waals surface area contributed by atoms with Gasteiger partial charge < -0.3 is 20.3 Å². The Bertz CT molecular complexity index is 790. The van der Waals surface area contributed by atoms with E-state index in [0.29, 0.717) is 0 Å². The van der Waals surface area contributed by atoms with Crippen LogP contribution in [0.2, 0.25) is 0 Å². The molecule has 0 bridgehead atoms. The number of hydrogen-bond donors (Lipinski definition) is 2. The highest BCUT2D eigenvalue weighted by molar-refractivity contribution is 5.49. The molecule has 0 saturated heterocycles. The monoisotopic (exact) mass is 353 g/mol. The molecule has 0 aromatic heterocycles. The van der Waals surface area contributed by atoms with Crippen molar-refractivity contribution in [2.24, 2.45) is 5.73 Å². The number of hydrogen-bond acceptors (Lipinski definition) is 4. The van der Waals surface area contributed by atoms with Gasteiger partial charge in [0, 0.05) is 17.7 Å². The quantitative estimate of drug-likeness (QED) is 0.751. The molecular formula is C22H27NO3. The van der Waals surface area contributed by atoms with E-state index in [2.05, 4.69) is 18.8 Å². The lowest BCUT2D eigenvalue weighted by molar-refractivity contribution is 0.114. The molecule has 0 saturated carbocycles. The van der Waals surface area contributed by atoms with Crippen LogP contribution in [0.4, 0.5) is 0 Å². The lowest BCUT2D eigenvalue weighted by Crippen LogP contribution is -2.26. The van der Waals surface area contributed by atoms with Gasteiger partial charge in [0.05, 0.1) is 6.61 Å². The maximum Gasteiger partial charge on any atom is 0.122 e. The molecule has 4 nitrogen and oxygen atoms in total. The van der Waals surface area contributed by atoms with E-state index in [9.17, 15) is 5.11 Å². The Hall–Kier alpha value is -2.48. The largest absolute Gasteiger partial charge is 0.493 e. The highest BCUT2D eigenvalue weighted by atomic mass is 16.5. The molecule has 0 spiro atoms. The molecule has 0 heterocycles. The lowest BCUT2D eigenvalue weighted by Gasteiger charge is -2.12. The third-order valence-corrected chi connectivity index (χ3v) is 3.87. The minimum atomic E-state index is -0.651. The van der Waals surface area contributed by atoms with E-state index in [-0.39, 0.29) is 13.2 Å². The lowest BCUT2D eigenvalue weighted by atomic mass is 10.1. The molecule has 26 heavy (non-hydrogen) atoms. The molecule has 0 amide bonds. The van der Waals surface area contributed by atoms with E-state index < -0.39 is 6.10 Å². The maximum atomic E-state index is 9.48. The third-order valence-electron chi connectivity index (χ3n) is 3.87. The summed E-state index contributed by atoms with van der Waals surface area (Å²) in [5.74, 6) is 8.01. The van der Waals surface area contributed by atoms with E-state index in [1.807, 2.05) is 50.2 Å². The zero-order chi connectivity index (χ0) is 18.9. The predicted molar refractivity (Wildman–Crippen MR) is 105 cm³/mol. The van der Waals surface area contributed by atoms with E-state index in [0.717, 1.165) is 46.8 Å². The molecule has 0 radical (unpaired) electrons. The van der Waals surface area contributed by atoms with Gasteiger partial charge in [-0.1, -0.05) is 18.8 Å². The van der Waals surface area contributed by atoms with Gasteiger partial charge in [0.25, 0.3) is 0 Å². The molecule has 0 aliphatic heterocycles. The van der Waals surface area contributed by atoms with Crippen LogP contribution < -0.4 is 15.2 Å². The van der Waals surface area contributed by atoms with Crippen LogP contribution in [0, 0.1) is 25.7 Å². The Balaban J connectivity index is 2.07. The predicted octanol–water partition coefficient (Wildman–Crippen LogP) is 3.19. The van der Waals surface area contributed by atoms with Crippen LogP contribution in [0.15, 0.2) is 36.4 Å². The SMILES string of the molecule is CCCOc1ccc(C#Cc2ccc(OC[C@H](O)CN)c(C)c2)cc1C. The Labute approximate surface area is 155 Å². The first-order valence-electron chi connectivity index (χ1n) is 8.90. The second-order valence-electron chi connectivity index (χ2n) is 6.26. The molecule has 2 rings (SSSR count). The van der Waals surface area contributed by atoms with Gasteiger partial charge in [0.15, 0.2) is 0 Å². The number of aliphatic hydroxyl groups excluding tert-OH is 1. The molecule has 0 fully saturated rings. The first-order chi connectivity index (χ1) is 12.5. The fourth-order valence-electron chi connectivity index (χ4n) is 2.39. The van der Waals surface area contributed by atoms with Gasteiger partial charge >= 0.3 is 0 Å². The van der Waals surface area contributed by atoms with Crippen LogP contribution >= 0.6 is 0 Å². The molecule has 0 aliphatic rings. The second kappa shape index (κ2) is 9.86. The normalized spacial score (nSPS) is 11.4. The number of aliphatic hydroxyl groups is 1. The highest BCUT2D eigenvalue weighted by Crippen LogP contribution is 2.20. The van der Waals surface area contributed by atoms with Crippen molar-refractivity contribution in [1.29, 1.82) is 0 Å². The molecule has 4 heteroatoms. The standard InChI is InChI=1S/C22H27NO3/c1-4-11-25-21-9-7-18(12-16(21)2)5-6-19-8-10-22(17(3)13-19)26-15-20(24)14-23/h7-10,12-13,20,24H,4,11,14-15,23H2,1-3H3/t20-/m1/s1. The van der Waals surface area contributed by atoms with Gasteiger partial charge in [-0.05, 0) is 67.8 Å². The van der Waals surface area contributed by atoms with Crippen LogP contribution in [0.1, 0.15) is 35.6 Å². The summed E-state index contributed by atoms with van der Waals surface area (Å²) >= 11 is 0. The van der Waals surface area contributed by atoms with Gasteiger partial charge in [0.2, 0.25) is 0 Å². The van der Waals surface area contributed by atoms with Crippen LogP contribution in [0.3, 0.4) is 0 Å². The minimum absolute atomic E-state index is 0.185. The van der Waals surface area contributed by atoms with Crippen LogP contribution in [0.5, 0.6) is 11.5 Å². The number of benzene rings is 2. The third kappa shape index (κ3) is 5.80. The molecule has 1 atom stereocenters. The molecular weight excluding hydrogens is 326 g/mol. The number of ether oxygens (including phenoxy) is 2. The van der Waals surface area contributed by atoms with Crippen molar-refractivity contribution in [3.8, 4) is 23.3 Å². The summed E-state index contributed by atoms with van der Waals surface area (Å²) in [4.78, 5) is 0. The average Bonchev–Trinajstić information content (AvgIpc) is 2.64. The van der Waals surface area contributed by atoms with Gasteiger partial charge in [-0.3, -0.25) is 0 Å². The van der Waals surface area contributed by atoms with E-state index in [1.165, 1.54) is 0 Å². The summed E-state index contributed by atoms with van der Waals surface area (Å²) in [6.07, 6.45) is 0.340. The highest BCUT2D eigenvalue weighted by Gasteiger charge is 2.05. The first kappa shape index (κ1) is 19.8. The molecule has 2 aromatic rings. The maximum absolute atomic E-state index is 9.48. The first-order valence-corrected chi connectivity index (χ1v) is 8.90. The molecule has 3 N–H and O–H groups in total. The molecule has 138 valence electrons. The van der Waals surface area contributed by atoms with Crippen molar-refractivity contribution < 1.29 is 14.6 Å². The molecule has 0 unspecified atom stereocenters. The fourth-order valence-corrected chi connectivity index (χ4v) is 2.39. The zero-order valence-corrected chi connectivity index (χ0v) is 15.7. The van der Waals surface area contributed by atoms with Crippen LogP contribution in [-0.4, -0.2) is 31.0 Å². The van der Waals surface area contributed by atoms with E-state index >= 15 is 0 Å². The summed E-state index contributed by atoms with van der Waals surface area (Å²) in [6.45, 7) is 7.18. The second-order valence-corrected chi connectivity index (χ2v) is 6.26. The smallest absolute Gasteiger partial charge is 0.122 e. The van der Waals surface area contributed by atoms with Gasteiger partial charge in [0.1, 0.15) is 24.2 Å². The molecule has 0 aliphatic carbocycles. The zero-order valence-electron chi connectivity index (χ0n) is 15.7. The number of nitrogens with two attached hydrogens (primary N) is 1. The van der Waals surface area contributed by atoms with Crippen LogP contribution in [0.25, 0.3) is 0 Å². The van der Waals surface area contributed by atoms with E-state index in [1.54, 1.807) is 0 Å². The Morgan fingerprint density at radius 1 is 0.962 bits per heavy atom. The minimum Gasteiger partial charge on any atom is -0.493 e. The van der Waals surface area contributed by atoms with Crippen molar-refractivity contribution >= 4 is 0 Å². The number of rotatable bonds is 7. The van der Waals surface area contributed by atoms with Crippen molar-refractivity contribution in [3.63, 3.8) is 0 Å². The summed E-state index contributed by atoms with van der Waals surface area (Å²) in [5.41, 5.74) is 9.31. The average molecular weight is 353 g/mol. The van der Waals surface area contributed by atoms with Crippen LogP contribution in [-0.2, 0) is 0 Å². The van der Waals surface area contributed by atoms with Gasteiger partial charge in [-0.25, -0.2) is 0 Å². The van der Waals surface area contributed by atoms with Crippen molar-refractivity contribution in [1.82, 2.24) is 0 Å².